The quantitative estimate of drug-likeness (QED) is 0.860. The van der Waals surface area contributed by atoms with Gasteiger partial charge < -0.3 is 15.2 Å². The topological polar surface area (TPSA) is 73.9 Å². The normalized spacial score (nSPS) is 10.4. The number of aromatic nitrogens is 3. The van der Waals surface area contributed by atoms with E-state index in [1.165, 1.54) is 6.20 Å². The highest BCUT2D eigenvalue weighted by Crippen LogP contribution is 2.20. The summed E-state index contributed by atoms with van der Waals surface area (Å²) in [4.78, 5) is 25.3. The van der Waals surface area contributed by atoms with Crippen LogP contribution in [0, 0.1) is 0 Å². The molecule has 0 aliphatic rings. The molecule has 0 saturated heterocycles. The number of anilines is 1. The zero-order chi connectivity index (χ0) is 15.2. The fourth-order valence-corrected chi connectivity index (χ4v) is 2.02. The first-order valence-electron chi connectivity index (χ1n) is 6.75. The summed E-state index contributed by atoms with van der Waals surface area (Å²) in [6.45, 7) is 3.25. The lowest BCUT2D eigenvalue weighted by Gasteiger charge is -2.17. The number of nitrogens with one attached hydrogen (secondary N) is 2. The Labute approximate surface area is 128 Å². The van der Waals surface area contributed by atoms with Crippen molar-refractivity contribution in [2.45, 2.75) is 19.9 Å². The monoisotopic (exact) mass is 307 g/mol. The lowest BCUT2D eigenvalue weighted by Crippen LogP contribution is -2.27. The first kappa shape index (κ1) is 15.3. The summed E-state index contributed by atoms with van der Waals surface area (Å²) in [5.41, 5.74) is 0.430. The number of rotatable bonds is 6. The number of imidazole rings is 1. The third-order valence-corrected chi connectivity index (χ3v) is 3.23. The number of nitrogens with zero attached hydrogens (tertiary/aromatic N) is 3. The molecule has 0 bridgehead atoms. The van der Waals surface area contributed by atoms with Crippen molar-refractivity contribution >= 4 is 23.3 Å². The molecule has 6 nitrogen and oxygen atoms in total. The van der Waals surface area contributed by atoms with Gasteiger partial charge in [0.25, 0.3) is 5.91 Å². The number of amides is 1. The van der Waals surface area contributed by atoms with Crippen LogP contribution in [-0.2, 0) is 6.54 Å². The van der Waals surface area contributed by atoms with E-state index in [9.17, 15) is 4.79 Å². The van der Waals surface area contributed by atoms with Crippen LogP contribution in [-0.4, -0.2) is 39.4 Å². The minimum Gasteiger partial charge on any atom is -0.370 e. The van der Waals surface area contributed by atoms with Crippen LogP contribution in [0.15, 0.2) is 24.7 Å². The van der Waals surface area contributed by atoms with Gasteiger partial charge in [0, 0.05) is 32.2 Å². The Bertz CT molecular complexity index is 599. The van der Waals surface area contributed by atoms with Crippen molar-refractivity contribution in [3.8, 4) is 0 Å². The van der Waals surface area contributed by atoms with E-state index in [1.807, 2.05) is 0 Å². The molecule has 2 N–H and O–H groups in total. The number of hydrogen-bond donors (Lipinski definition) is 2. The summed E-state index contributed by atoms with van der Waals surface area (Å²) < 4.78 is 0. The van der Waals surface area contributed by atoms with Crippen molar-refractivity contribution in [2.24, 2.45) is 0 Å². The molecule has 7 heteroatoms. The Morgan fingerprint density at radius 3 is 2.95 bits per heavy atom. The molecule has 2 heterocycles. The summed E-state index contributed by atoms with van der Waals surface area (Å²) in [6, 6.07) is 1.68. The van der Waals surface area contributed by atoms with E-state index in [4.69, 9.17) is 11.6 Å². The lowest BCUT2D eigenvalue weighted by molar-refractivity contribution is 0.0782. The summed E-state index contributed by atoms with van der Waals surface area (Å²) in [5.74, 6) is 1.20. The molecule has 1 amide bonds. The predicted molar refractivity (Wildman–Crippen MR) is 82.4 cm³/mol. The molecule has 0 aliphatic heterocycles. The smallest absolute Gasteiger partial charge is 0.255 e. The Morgan fingerprint density at radius 2 is 2.29 bits per heavy atom. The van der Waals surface area contributed by atoms with E-state index in [0.29, 0.717) is 22.9 Å². The molecule has 21 heavy (non-hydrogen) atoms. The Morgan fingerprint density at radius 1 is 1.48 bits per heavy atom. The molecule has 0 fully saturated rings. The highest BCUT2D eigenvalue weighted by Gasteiger charge is 2.17. The van der Waals surface area contributed by atoms with Crippen LogP contribution in [0.5, 0.6) is 0 Å². The van der Waals surface area contributed by atoms with E-state index in [-0.39, 0.29) is 5.91 Å². The van der Waals surface area contributed by atoms with Crippen molar-refractivity contribution in [3.05, 3.63) is 41.1 Å². The predicted octanol–water partition coefficient (Wildman–Crippen LogP) is 2.55. The number of aromatic amines is 1. The van der Waals surface area contributed by atoms with Gasteiger partial charge in [-0.05, 0) is 12.5 Å². The van der Waals surface area contributed by atoms with E-state index >= 15 is 0 Å². The maximum Gasteiger partial charge on any atom is 0.255 e. The van der Waals surface area contributed by atoms with Crippen molar-refractivity contribution in [1.29, 1.82) is 0 Å². The van der Waals surface area contributed by atoms with Crippen LogP contribution in [0.3, 0.4) is 0 Å². The Kier molecular flexibility index (Phi) is 5.16. The van der Waals surface area contributed by atoms with Crippen LogP contribution in [0.4, 0.5) is 5.82 Å². The molecule has 0 spiro atoms. The molecular weight excluding hydrogens is 290 g/mol. The summed E-state index contributed by atoms with van der Waals surface area (Å²) in [7, 11) is 1.71. The van der Waals surface area contributed by atoms with Crippen LogP contribution in [0.2, 0.25) is 5.02 Å². The summed E-state index contributed by atoms with van der Waals surface area (Å²) >= 11 is 6.09. The van der Waals surface area contributed by atoms with Gasteiger partial charge in [-0.2, -0.15) is 0 Å². The van der Waals surface area contributed by atoms with Crippen molar-refractivity contribution in [1.82, 2.24) is 19.9 Å². The number of pyridine rings is 1. The molecule has 0 aliphatic carbocycles. The maximum absolute atomic E-state index is 12.5. The fraction of sp³-hybridized carbons (Fsp3) is 0.357. The van der Waals surface area contributed by atoms with Crippen LogP contribution >= 0.6 is 11.6 Å². The van der Waals surface area contributed by atoms with Crippen LogP contribution < -0.4 is 5.32 Å². The zero-order valence-electron chi connectivity index (χ0n) is 12.1. The minimum absolute atomic E-state index is 0.168. The number of H-pyrrole nitrogens is 1. The molecule has 2 rings (SSSR count). The SMILES string of the molecule is CCCNc1cc(C(=O)N(C)Cc2ncc[nH]2)c(Cl)cn1. The van der Waals surface area contributed by atoms with E-state index in [1.54, 1.807) is 30.4 Å². The maximum atomic E-state index is 12.5. The van der Waals surface area contributed by atoms with Gasteiger partial charge in [-0.1, -0.05) is 18.5 Å². The first-order chi connectivity index (χ1) is 10.1. The summed E-state index contributed by atoms with van der Waals surface area (Å²) in [6.07, 6.45) is 5.85. The average molecular weight is 308 g/mol. The number of carbonyl (C=O) groups is 1. The molecule has 0 radical (unpaired) electrons. The zero-order valence-corrected chi connectivity index (χ0v) is 12.8. The highest BCUT2D eigenvalue weighted by molar-refractivity contribution is 6.33. The van der Waals surface area contributed by atoms with Gasteiger partial charge in [-0.25, -0.2) is 9.97 Å². The molecule has 2 aromatic heterocycles. The van der Waals surface area contributed by atoms with E-state index < -0.39 is 0 Å². The van der Waals surface area contributed by atoms with Crippen molar-refractivity contribution in [3.63, 3.8) is 0 Å². The highest BCUT2D eigenvalue weighted by atomic mass is 35.5. The van der Waals surface area contributed by atoms with Gasteiger partial charge in [-0.3, -0.25) is 4.79 Å². The molecule has 0 atom stereocenters. The van der Waals surface area contributed by atoms with Gasteiger partial charge in [0.2, 0.25) is 0 Å². The number of halogens is 1. The molecule has 112 valence electrons. The van der Waals surface area contributed by atoms with Gasteiger partial charge in [0.05, 0.1) is 17.1 Å². The number of carbonyl (C=O) groups excluding carboxylic acids is 1. The second-order valence-electron chi connectivity index (χ2n) is 4.67. The van der Waals surface area contributed by atoms with Crippen LogP contribution in [0.1, 0.15) is 29.5 Å². The fourth-order valence-electron chi connectivity index (χ4n) is 1.84. The third kappa shape index (κ3) is 3.95. The van der Waals surface area contributed by atoms with Gasteiger partial charge >= 0.3 is 0 Å². The second kappa shape index (κ2) is 7.08. The Hall–Kier alpha value is -2.08. The first-order valence-corrected chi connectivity index (χ1v) is 7.12. The van der Waals surface area contributed by atoms with Gasteiger partial charge in [0.15, 0.2) is 0 Å². The lowest BCUT2D eigenvalue weighted by atomic mass is 10.2. The van der Waals surface area contributed by atoms with Crippen molar-refractivity contribution < 1.29 is 4.79 Å². The van der Waals surface area contributed by atoms with Gasteiger partial charge in [0.1, 0.15) is 11.6 Å². The number of hydrogen-bond acceptors (Lipinski definition) is 4. The summed E-state index contributed by atoms with van der Waals surface area (Å²) in [5, 5.41) is 3.48. The molecular formula is C14H18ClN5O. The van der Waals surface area contributed by atoms with Crippen molar-refractivity contribution in [2.75, 3.05) is 18.9 Å². The molecule has 0 aromatic carbocycles. The standard InChI is InChI=1S/C14H18ClN5O/c1-3-4-16-12-7-10(11(15)8-19-12)14(21)20(2)9-13-17-5-6-18-13/h5-8H,3-4,9H2,1-2H3,(H,16,19)(H,17,18). The largest absolute Gasteiger partial charge is 0.370 e. The minimum atomic E-state index is -0.168. The molecule has 2 aromatic rings. The second-order valence-corrected chi connectivity index (χ2v) is 5.08. The van der Waals surface area contributed by atoms with E-state index in [2.05, 4.69) is 27.2 Å². The molecule has 0 unspecified atom stereocenters. The van der Waals surface area contributed by atoms with Gasteiger partial charge in [-0.15, -0.1) is 0 Å². The Balaban J connectivity index is 2.13. The average Bonchev–Trinajstić information content (AvgIpc) is 2.98. The molecule has 0 saturated carbocycles. The third-order valence-electron chi connectivity index (χ3n) is 2.93. The van der Waals surface area contributed by atoms with Crippen LogP contribution in [0.25, 0.3) is 0 Å². The van der Waals surface area contributed by atoms with E-state index in [0.717, 1.165) is 18.8 Å².